The van der Waals surface area contributed by atoms with Gasteiger partial charge in [-0.1, -0.05) is 17.4 Å². The fraction of sp³-hybridized carbons (Fsp3) is 0.450. The summed E-state index contributed by atoms with van der Waals surface area (Å²) in [6.45, 7) is 2.13. The summed E-state index contributed by atoms with van der Waals surface area (Å²) in [5.41, 5.74) is 0.930. The van der Waals surface area contributed by atoms with Crippen LogP contribution >= 0.6 is 11.3 Å². The molecule has 1 aliphatic rings. The molecule has 1 aliphatic heterocycles. The summed E-state index contributed by atoms with van der Waals surface area (Å²) in [6.07, 6.45) is 6.24. The molecule has 0 radical (unpaired) electrons. The van der Waals surface area contributed by atoms with E-state index in [1.165, 1.54) is 17.8 Å². The average molecular weight is 416 g/mol. The number of aromatic nitrogens is 4. The standard InChI is InChI=1S/C20H25N5O3S/c1-24-9-5-6-14(12-24)19-21-22-20-25(19)23-17(29-20)8-7-13-10-15(26-2)18(28-4)16(11-13)27-3/h7-8,10-11,14H,5-6,9,12H2,1-4H3. The van der Waals surface area contributed by atoms with Gasteiger partial charge in [-0.05, 0) is 50.2 Å². The molecule has 4 rings (SSSR count). The van der Waals surface area contributed by atoms with Crippen LogP contribution < -0.4 is 14.2 Å². The molecular formula is C20H25N5O3S. The number of hydrogen-bond donors (Lipinski definition) is 0. The number of ether oxygens (including phenoxy) is 3. The minimum atomic E-state index is 0.373. The Bertz CT molecular complexity index is 1000. The predicted molar refractivity (Wildman–Crippen MR) is 113 cm³/mol. The van der Waals surface area contributed by atoms with Crippen LogP contribution in [0.5, 0.6) is 17.2 Å². The molecule has 0 N–H and O–H groups in total. The zero-order chi connectivity index (χ0) is 20.4. The van der Waals surface area contributed by atoms with Gasteiger partial charge in [0, 0.05) is 12.5 Å². The van der Waals surface area contributed by atoms with Gasteiger partial charge in [0.05, 0.1) is 21.3 Å². The third-order valence-corrected chi connectivity index (χ3v) is 5.99. The molecule has 3 aromatic rings. The first kappa shape index (κ1) is 19.7. The normalized spacial score (nSPS) is 17.9. The second kappa shape index (κ2) is 8.38. The number of rotatable bonds is 6. The van der Waals surface area contributed by atoms with Gasteiger partial charge in [-0.2, -0.15) is 9.61 Å². The predicted octanol–water partition coefficient (Wildman–Crippen LogP) is 3.19. The molecule has 1 atom stereocenters. The third kappa shape index (κ3) is 3.92. The second-order valence-electron chi connectivity index (χ2n) is 7.09. The van der Waals surface area contributed by atoms with E-state index in [4.69, 9.17) is 19.3 Å². The minimum absolute atomic E-state index is 0.373. The molecule has 154 valence electrons. The summed E-state index contributed by atoms with van der Waals surface area (Å²) in [4.78, 5) is 3.16. The highest BCUT2D eigenvalue weighted by atomic mass is 32.1. The topological polar surface area (TPSA) is 74.0 Å². The Kier molecular flexibility index (Phi) is 5.68. The molecule has 9 heteroatoms. The number of nitrogens with zero attached hydrogens (tertiary/aromatic N) is 5. The van der Waals surface area contributed by atoms with E-state index in [2.05, 4.69) is 22.1 Å². The number of likely N-dealkylation sites (N-methyl/N-ethyl adjacent to an activating group) is 1. The van der Waals surface area contributed by atoms with Gasteiger partial charge < -0.3 is 19.1 Å². The Morgan fingerprint density at radius 1 is 1.07 bits per heavy atom. The zero-order valence-electron chi connectivity index (χ0n) is 17.1. The quantitative estimate of drug-likeness (QED) is 0.612. The lowest BCUT2D eigenvalue weighted by molar-refractivity contribution is 0.244. The van der Waals surface area contributed by atoms with Crippen molar-refractivity contribution in [3.05, 3.63) is 28.5 Å². The lowest BCUT2D eigenvalue weighted by Crippen LogP contribution is -2.31. The number of fused-ring (bicyclic) bond motifs is 1. The molecule has 1 aromatic carbocycles. The van der Waals surface area contributed by atoms with Crippen molar-refractivity contribution in [1.82, 2.24) is 24.7 Å². The molecule has 0 bridgehead atoms. The first-order valence-corrected chi connectivity index (χ1v) is 10.3. The maximum Gasteiger partial charge on any atom is 0.234 e. The van der Waals surface area contributed by atoms with Gasteiger partial charge in [0.25, 0.3) is 0 Å². The average Bonchev–Trinajstić information content (AvgIpc) is 3.31. The van der Waals surface area contributed by atoms with Gasteiger partial charge in [0.15, 0.2) is 17.3 Å². The number of hydrogen-bond acceptors (Lipinski definition) is 8. The molecule has 1 saturated heterocycles. The smallest absolute Gasteiger partial charge is 0.234 e. The van der Waals surface area contributed by atoms with Crippen LogP contribution in [0.2, 0.25) is 0 Å². The lowest BCUT2D eigenvalue weighted by Gasteiger charge is -2.28. The van der Waals surface area contributed by atoms with Crippen molar-refractivity contribution in [2.75, 3.05) is 41.5 Å². The monoisotopic (exact) mass is 415 g/mol. The van der Waals surface area contributed by atoms with Crippen molar-refractivity contribution in [2.24, 2.45) is 0 Å². The van der Waals surface area contributed by atoms with Gasteiger partial charge in [-0.25, -0.2) is 0 Å². The summed E-state index contributed by atoms with van der Waals surface area (Å²) in [6, 6.07) is 3.81. The molecule has 0 saturated carbocycles. The number of methoxy groups -OCH3 is 3. The Morgan fingerprint density at radius 3 is 2.48 bits per heavy atom. The van der Waals surface area contributed by atoms with Crippen molar-refractivity contribution in [3.8, 4) is 17.2 Å². The van der Waals surface area contributed by atoms with E-state index in [0.717, 1.165) is 40.9 Å². The van der Waals surface area contributed by atoms with Crippen LogP contribution in [0, 0.1) is 0 Å². The molecular weight excluding hydrogens is 390 g/mol. The van der Waals surface area contributed by atoms with E-state index in [1.807, 2.05) is 28.8 Å². The molecule has 2 aromatic heterocycles. The molecule has 0 amide bonds. The van der Waals surface area contributed by atoms with E-state index < -0.39 is 0 Å². The highest BCUT2D eigenvalue weighted by Gasteiger charge is 2.25. The minimum Gasteiger partial charge on any atom is -0.493 e. The summed E-state index contributed by atoms with van der Waals surface area (Å²) in [5.74, 6) is 3.14. The maximum absolute atomic E-state index is 5.42. The molecule has 0 aliphatic carbocycles. The van der Waals surface area contributed by atoms with Crippen molar-refractivity contribution >= 4 is 28.4 Å². The molecule has 1 fully saturated rings. The van der Waals surface area contributed by atoms with Gasteiger partial charge in [0.2, 0.25) is 10.7 Å². The molecule has 1 unspecified atom stereocenters. The summed E-state index contributed by atoms with van der Waals surface area (Å²) in [5, 5.41) is 14.3. The van der Waals surface area contributed by atoms with Crippen molar-refractivity contribution in [3.63, 3.8) is 0 Å². The van der Waals surface area contributed by atoms with Gasteiger partial charge in [-0.15, -0.1) is 10.2 Å². The van der Waals surface area contributed by atoms with Crippen molar-refractivity contribution < 1.29 is 14.2 Å². The lowest BCUT2D eigenvalue weighted by atomic mass is 9.98. The van der Waals surface area contributed by atoms with Crippen molar-refractivity contribution in [1.29, 1.82) is 0 Å². The van der Waals surface area contributed by atoms with Gasteiger partial charge >= 0.3 is 0 Å². The van der Waals surface area contributed by atoms with Crippen LogP contribution in [0.3, 0.4) is 0 Å². The van der Waals surface area contributed by atoms with Gasteiger partial charge in [-0.3, -0.25) is 0 Å². The number of piperidine rings is 1. The Hall–Kier alpha value is -2.65. The summed E-state index contributed by atoms with van der Waals surface area (Å²) >= 11 is 1.52. The number of likely N-dealkylation sites (tertiary alicyclic amines) is 1. The fourth-order valence-electron chi connectivity index (χ4n) is 3.71. The zero-order valence-corrected chi connectivity index (χ0v) is 17.9. The van der Waals surface area contributed by atoms with Crippen LogP contribution in [0.1, 0.15) is 35.2 Å². The highest BCUT2D eigenvalue weighted by Crippen LogP contribution is 2.38. The molecule has 29 heavy (non-hydrogen) atoms. The molecule has 8 nitrogen and oxygen atoms in total. The Balaban J connectivity index is 1.61. The van der Waals surface area contributed by atoms with Crippen LogP contribution in [-0.4, -0.2) is 66.2 Å². The third-order valence-electron chi connectivity index (χ3n) is 5.13. The highest BCUT2D eigenvalue weighted by molar-refractivity contribution is 7.17. The van der Waals surface area contributed by atoms with Crippen LogP contribution in [-0.2, 0) is 0 Å². The summed E-state index contributed by atoms with van der Waals surface area (Å²) in [7, 11) is 6.96. The van der Waals surface area contributed by atoms with Crippen LogP contribution in [0.25, 0.3) is 17.1 Å². The first-order chi connectivity index (χ1) is 14.1. The molecule has 3 heterocycles. The Morgan fingerprint density at radius 2 is 1.83 bits per heavy atom. The largest absolute Gasteiger partial charge is 0.493 e. The van der Waals surface area contributed by atoms with E-state index in [-0.39, 0.29) is 0 Å². The second-order valence-corrected chi connectivity index (χ2v) is 8.07. The van der Waals surface area contributed by atoms with Crippen LogP contribution in [0.15, 0.2) is 12.1 Å². The van der Waals surface area contributed by atoms with E-state index in [9.17, 15) is 0 Å². The summed E-state index contributed by atoms with van der Waals surface area (Å²) < 4.78 is 18.1. The van der Waals surface area contributed by atoms with Crippen molar-refractivity contribution in [2.45, 2.75) is 18.8 Å². The Labute approximate surface area is 173 Å². The number of benzene rings is 1. The molecule has 0 spiro atoms. The maximum atomic E-state index is 5.42. The van der Waals surface area contributed by atoms with Gasteiger partial charge in [0.1, 0.15) is 5.01 Å². The van der Waals surface area contributed by atoms with E-state index >= 15 is 0 Å². The first-order valence-electron chi connectivity index (χ1n) is 9.51. The van der Waals surface area contributed by atoms with E-state index in [0.29, 0.717) is 23.2 Å². The van der Waals surface area contributed by atoms with E-state index in [1.54, 1.807) is 21.3 Å². The SMILES string of the molecule is COc1cc(C=Cc2nn3c(C4CCCN(C)C4)nnc3s2)cc(OC)c1OC. The van der Waals surface area contributed by atoms with Crippen LogP contribution in [0.4, 0.5) is 0 Å². The fourth-order valence-corrected chi connectivity index (χ4v) is 4.46.